The third-order valence-electron chi connectivity index (χ3n) is 2.19. The van der Waals surface area contributed by atoms with Crippen LogP contribution in [0, 0.1) is 0 Å². The van der Waals surface area contributed by atoms with Gasteiger partial charge < -0.3 is 24.8 Å². The van der Waals surface area contributed by atoms with E-state index in [0.717, 1.165) is 5.75 Å². The molecule has 0 aromatic heterocycles. The minimum absolute atomic E-state index is 0.145. The average Bonchev–Trinajstić information content (AvgIpc) is 2.41. The van der Waals surface area contributed by atoms with E-state index >= 15 is 0 Å². The largest absolute Gasteiger partial charge is 0.494 e. The predicted molar refractivity (Wildman–Crippen MR) is 72.5 cm³/mol. The molecule has 106 valence electrons. The highest BCUT2D eigenvalue weighted by atomic mass is 16.5. The fourth-order valence-corrected chi connectivity index (χ4v) is 1.31. The lowest BCUT2D eigenvalue weighted by Crippen LogP contribution is -2.31. The van der Waals surface area contributed by atoms with Gasteiger partial charge in [0.15, 0.2) is 0 Å². The lowest BCUT2D eigenvalue weighted by Gasteiger charge is -2.09. The van der Waals surface area contributed by atoms with Crippen molar-refractivity contribution in [1.82, 2.24) is 5.32 Å². The smallest absolute Gasteiger partial charge is 0.321 e. The number of hydrogen-bond donors (Lipinski definition) is 2. The van der Waals surface area contributed by atoms with Crippen molar-refractivity contribution in [3.8, 4) is 5.75 Å². The maximum absolute atomic E-state index is 11.5. The molecule has 0 aliphatic carbocycles. The first-order valence-corrected chi connectivity index (χ1v) is 6.10. The molecule has 0 saturated carbocycles. The van der Waals surface area contributed by atoms with Gasteiger partial charge in [0.1, 0.15) is 12.5 Å². The molecule has 6 heteroatoms. The van der Waals surface area contributed by atoms with Crippen LogP contribution in [-0.4, -0.2) is 39.7 Å². The van der Waals surface area contributed by atoms with Crippen LogP contribution in [0.1, 0.15) is 6.92 Å². The number of methoxy groups -OCH3 is 1. The lowest BCUT2D eigenvalue weighted by molar-refractivity contribution is 0.0650. The molecule has 1 rings (SSSR count). The number of rotatable bonds is 8. The quantitative estimate of drug-likeness (QED) is 0.557. The molecule has 0 heterocycles. The first-order chi connectivity index (χ1) is 9.26. The molecule has 2 amide bonds. The van der Waals surface area contributed by atoms with Gasteiger partial charge in [-0.3, -0.25) is 0 Å². The fraction of sp³-hybridized carbons (Fsp3) is 0.462. The van der Waals surface area contributed by atoms with Crippen LogP contribution >= 0.6 is 0 Å². The molecular weight excluding hydrogens is 248 g/mol. The summed E-state index contributed by atoms with van der Waals surface area (Å²) in [6, 6.07) is 6.83. The monoisotopic (exact) mass is 268 g/mol. The number of nitrogens with one attached hydrogen (secondary N) is 2. The van der Waals surface area contributed by atoms with E-state index in [1.165, 1.54) is 0 Å². The summed E-state index contributed by atoms with van der Waals surface area (Å²) in [7, 11) is 1.59. The standard InChI is InChI=1S/C13H20N2O4/c1-3-19-12-6-4-11(5-7-12)15-13(16)14-10-18-9-8-17-2/h4-7H,3,8-10H2,1-2H3,(H2,14,15,16). The Hall–Kier alpha value is -1.79. The first-order valence-electron chi connectivity index (χ1n) is 6.10. The minimum Gasteiger partial charge on any atom is -0.494 e. The lowest BCUT2D eigenvalue weighted by atomic mass is 10.3. The Morgan fingerprint density at radius 2 is 1.95 bits per heavy atom. The SMILES string of the molecule is CCOc1ccc(NC(=O)NCOCCOC)cc1. The van der Waals surface area contributed by atoms with E-state index < -0.39 is 0 Å². The number of carbonyl (C=O) groups is 1. The van der Waals surface area contributed by atoms with Gasteiger partial charge in [0.05, 0.1) is 19.8 Å². The molecule has 0 bridgehead atoms. The van der Waals surface area contributed by atoms with E-state index in [-0.39, 0.29) is 12.8 Å². The van der Waals surface area contributed by atoms with Crippen molar-refractivity contribution >= 4 is 11.7 Å². The van der Waals surface area contributed by atoms with Crippen LogP contribution in [0.5, 0.6) is 5.75 Å². The predicted octanol–water partition coefficient (Wildman–Crippen LogP) is 1.83. The maximum Gasteiger partial charge on any atom is 0.321 e. The summed E-state index contributed by atoms with van der Waals surface area (Å²) in [5, 5.41) is 5.26. The molecule has 0 radical (unpaired) electrons. The summed E-state index contributed by atoms with van der Waals surface area (Å²) in [6.45, 7) is 3.63. The maximum atomic E-state index is 11.5. The van der Waals surface area contributed by atoms with Crippen LogP contribution in [0.15, 0.2) is 24.3 Å². The van der Waals surface area contributed by atoms with Crippen LogP contribution in [0.2, 0.25) is 0 Å². The molecule has 19 heavy (non-hydrogen) atoms. The van der Waals surface area contributed by atoms with Crippen molar-refractivity contribution in [2.24, 2.45) is 0 Å². The van der Waals surface area contributed by atoms with Gasteiger partial charge in [-0.25, -0.2) is 4.79 Å². The molecule has 1 aromatic carbocycles. The molecule has 0 unspecified atom stereocenters. The van der Waals surface area contributed by atoms with Crippen LogP contribution in [-0.2, 0) is 9.47 Å². The summed E-state index contributed by atoms with van der Waals surface area (Å²) in [5.41, 5.74) is 0.692. The van der Waals surface area contributed by atoms with Gasteiger partial charge in [-0.05, 0) is 31.2 Å². The van der Waals surface area contributed by atoms with Gasteiger partial charge in [-0.15, -0.1) is 0 Å². The Morgan fingerprint density at radius 1 is 1.21 bits per heavy atom. The second-order valence-corrected chi connectivity index (χ2v) is 3.63. The average molecular weight is 268 g/mol. The zero-order chi connectivity index (χ0) is 13.9. The number of benzene rings is 1. The summed E-state index contributed by atoms with van der Waals surface area (Å²) in [6.07, 6.45) is 0. The summed E-state index contributed by atoms with van der Waals surface area (Å²) < 4.78 is 15.2. The molecule has 0 spiro atoms. The minimum atomic E-state index is -0.318. The van der Waals surface area contributed by atoms with Gasteiger partial charge >= 0.3 is 6.03 Å². The van der Waals surface area contributed by atoms with Crippen LogP contribution in [0.3, 0.4) is 0 Å². The Kier molecular flexibility index (Phi) is 7.38. The summed E-state index contributed by atoms with van der Waals surface area (Å²) >= 11 is 0. The molecule has 1 aromatic rings. The van der Waals surface area contributed by atoms with E-state index in [4.69, 9.17) is 14.2 Å². The molecule has 0 saturated heterocycles. The first kappa shape index (κ1) is 15.3. The third-order valence-corrected chi connectivity index (χ3v) is 2.19. The molecule has 0 aliphatic heterocycles. The molecule has 0 fully saturated rings. The van der Waals surface area contributed by atoms with Gasteiger partial charge in [-0.1, -0.05) is 0 Å². The molecular formula is C13H20N2O4. The van der Waals surface area contributed by atoms with Crippen LogP contribution in [0.25, 0.3) is 0 Å². The zero-order valence-corrected chi connectivity index (χ0v) is 11.3. The van der Waals surface area contributed by atoms with Gasteiger partial charge in [0, 0.05) is 12.8 Å². The normalized spacial score (nSPS) is 10.0. The number of ether oxygens (including phenoxy) is 3. The Labute approximate surface area is 113 Å². The van der Waals surface area contributed by atoms with Gasteiger partial charge in [0.2, 0.25) is 0 Å². The van der Waals surface area contributed by atoms with E-state index in [0.29, 0.717) is 25.5 Å². The van der Waals surface area contributed by atoms with Crippen molar-refractivity contribution in [3.05, 3.63) is 24.3 Å². The van der Waals surface area contributed by atoms with Crippen molar-refractivity contribution in [2.75, 3.05) is 39.0 Å². The van der Waals surface area contributed by atoms with E-state index in [2.05, 4.69) is 10.6 Å². The molecule has 0 aliphatic rings. The molecule has 2 N–H and O–H groups in total. The second-order valence-electron chi connectivity index (χ2n) is 3.63. The van der Waals surface area contributed by atoms with E-state index in [1.807, 2.05) is 6.92 Å². The number of anilines is 1. The van der Waals surface area contributed by atoms with Crippen LogP contribution in [0.4, 0.5) is 10.5 Å². The third kappa shape index (κ3) is 6.64. The highest BCUT2D eigenvalue weighted by Gasteiger charge is 2.01. The van der Waals surface area contributed by atoms with Gasteiger partial charge in [0.25, 0.3) is 0 Å². The van der Waals surface area contributed by atoms with Crippen molar-refractivity contribution in [2.45, 2.75) is 6.92 Å². The van der Waals surface area contributed by atoms with Crippen molar-refractivity contribution < 1.29 is 19.0 Å². The highest BCUT2D eigenvalue weighted by molar-refractivity contribution is 5.89. The number of urea groups is 1. The Balaban J connectivity index is 2.24. The topological polar surface area (TPSA) is 68.8 Å². The van der Waals surface area contributed by atoms with Crippen LogP contribution < -0.4 is 15.4 Å². The van der Waals surface area contributed by atoms with Gasteiger partial charge in [-0.2, -0.15) is 0 Å². The second kappa shape index (κ2) is 9.18. The van der Waals surface area contributed by atoms with Crippen molar-refractivity contribution in [1.29, 1.82) is 0 Å². The Bertz CT molecular complexity index is 367. The number of amides is 2. The number of carbonyl (C=O) groups excluding carboxylic acids is 1. The van der Waals surface area contributed by atoms with E-state index in [1.54, 1.807) is 31.4 Å². The summed E-state index contributed by atoms with van der Waals surface area (Å²) in [5.74, 6) is 0.774. The zero-order valence-electron chi connectivity index (χ0n) is 11.3. The Morgan fingerprint density at radius 3 is 2.58 bits per heavy atom. The van der Waals surface area contributed by atoms with Crippen molar-refractivity contribution in [3.63, 3.8) is 0 Å². The molecule has 6 nitrogen and oxygen atoms in total. The highest BCUT2D eigenvalue weighted by Crippen LogP contribution is 2.15. The number of hydrogen-bond acceptors (Lipinski definition) is 4. The molecule has 0 atom stereocenters. The van der Waals surface area contributed by atoms with E-state index in [9.17, 15) is 4.79 Å². The summed E-state index contributed by atoms with van der Waals surface area (Å²) in [4.78, 5) is 11.5. The fourth-order valence-electron chi connectivity index (χ4n) is 1.31.